The van der Waals surface area contributed by atoms with E-state index in [2.05, 4.69) is 16.4 Å². The van der Waals surface area contributed by atoms with Crippen molar-refractivity contribution in [3.8, 4) is 5.75 Å². The Morgan fingerprint density at radius 2 is 2.04 bits per heavy atom. The molecule has 1 heterocycles. The summed E-state index contributed by atoms with van der Waals surface area (Å²) in [5.74, 6) is -0.132. The lowest BCUT2D eigenvalue weighted by atomic mass is 10.1. The van der Waals surface area contributed by atoms with Crippen molar-refractivity contribution in [3.63, 3.8) is 0 Å². The third kappa shape index (κ3) is 3.60. The fraction of sp³-hybridized carbons (Fsp3) is 0.176. The lowest BCUT2D eigenvalue weighted by Crippen LogP contribution is -2.11. The van der Waals surface area contributed by atoms with E-state index in [4.69, 9.17) is 9.84 Å². The Morgan fingerprint density at radius 3 is 2.78 bits per heavy atom. The van der Waals surface area contributed by atoms with Crippen LogP contribution in [0.3, 0.4) is 0 Å². The number of aromatic nitrogens is 1. The van der Waals surface area contributed by atoms with Crippen LogP contribution < -0.4 is 10.1 Å². The number of fused-ring (bicyclic) bond motifs is 1. The number of benzene rings is 2. The predicted molar refractivity (Wildman–Crippen MR) is 91.7 cm³/mol. The summed E-state index contributed by atoms with van der Waals surface area (Å²) in [5, 5.41) is 15.0. The summed E-state index contributed by atoms with van der Waals surface area (Å²) in [6.45, 7) is 2.72. The van der Waals surface area contributed by atoms with Crippen LogP contribution in [0.5, 0.6) is 5.75 Å². The van der Waals surface area contributed by atoms with E-state index in [-0.39, 0.29) is 4.88 Å². The van der Waals surface area contributed by atoms with Crippen LogP contribution in [0.4, 0.5) is 5.13 Å². The minimum atomic E-state index is -0.944. The number of aromatic carboxylic acids is 1. The zero-order valence-corrected chi connectivity index (χ0v) is 13.4. The van der Waals surface area contributed by atoms with Gasteiger partial charge in [0.15, 0.2) is 5.13 Å². The molecule has 3 rings (SSSR count). The number of carbonyl (C=O) groups is 1. The number of hydrogen-bond donors (Lipinski definition) is 2. The Bertz CT molecular complexity index is 845. The van der Waals surface area contributed by atoms with Crippen LogP contribution in [0, 0.1) is 6.92 Å². The first-order valence-corrected chi connectivity index (χ1v) is 8.01. The van der Waals surface area contributed by atoms with Gasteiger partial charge in [-0.05, 0) is 29.8 Å². The molecule has 0 saturated carbocycles. The molecule has 23 heavy (non-hydrogen) atoms. The van der Waals surface area contributed by atoms with Crippen molar-refractivity contribution in [1.29, 1.82) is 0 Å². The molecule has 0 spiro atoms. The second kappa shape index (κ2) is 6.66. The average Bonchev–Trinajstić information content (AvgIpc) is 2.92. The monoisotopic (exact) mass is 328 g/mol. The third-order valence-corrected chi connectivity index (χ3v) is 4.46. The summed E-state index contributed by atoms with van der Waals surface area (Å²) in [5.41, 5.74) is 0.528. The van der Waals surface area contributed by atoms with Gasteiger partial charge in [-0.3, -0.25) is 0 Å². The molecule has 0 aliphatic rings. The molecule has 0 radical (unpaired) electrons. The Morgan fingerprint density at radius 1 is 1.26 bits per heavy atom. The first-order valence-electron chi connectivity index (χ1n) is 7.19. The summed E-state index contributed by atoms with van der Waals surface area (Å²) in [6.07, 6.45) is 0. The van der Waals surface area contributed by atoms with E-state index >= 15 is 0 Å². The van der Waals surface area contributed by atoms with Crippen LogP contribution in [0.15, 0.2) is 42.5 Å². The van der Waals surface area contributed by atoms with Crippen molar-refractivity contribution in [2.45, 2.75) is 6.92 Å². The normalized spacial score (nSPS) is 10.7. The number of thiazole rings is 1. The largest absolute Gasteiger partial charge is 0.492 e. The molecule has 0 saturated heterocycles. The van der Waals surface area contributed by atoms with Crippen LogP contribution in [0.2, 0.25) is 0 Å². The average molecular weight is 328 g/mol. The number of rotatable bonds is 6. The highest BCUT2D eigenvalue weighted by Crippen LogP contribution is 2.23. The van der Waals surface area contributed by atoms with E-state index in [0.29, 0.717) is 24.0 Å². The van der Waals surface area contributed by atoms with Crippen molar-refractivity contribution >= 4 is 33.2 Å². The summed E-state index contributed by atoms with van der Waals surface area (Å²) >= 11 is 1.14. The maximum Gasteiger partial charge on any atom is 0.347 e. The van der Waals surface area contributed by atoms with Crippen LogP contribution in [-0.2, 0) is 0 Å². The minimum Gasteiger partial charge on any atom is -0.492 e. The number of carboxylic acid groups (broad SMARTS) is 1. The van der Waals surface area contributed by atoms with Crippen molar-refractivity contribution in [2.24, 2.45) is 0 Å². The van der Waals surface area contributed by atoms with E-state index < -0.39 is 5.97 Å². The van der Waals surface area contributed by atoms with Crippen LogP contribution >= 0.6 is 11.3 Å². The number of ether oxygens (including phenoxy) is 1. The number of nitrogens with one attached hydrogen (secondary N) is 1. The molecule has 5 nitrogen and oxygen atoms in total. The summed E-state index contributed by atoms with van der Waals surface area (Å²) in [4.78, 5) is 15.4. The zero-order valence-electron chi connectivity index (χ0n) is 12.6. The van der Waals surface area contributed by atoms with E-state index in [1.807, 2.05) is 36.4 Å². The molecule has 0 aliphatic heterocycles. The van der Waals surface area contributed by atoms with Gasteiger partial charge in [0.2, 0.25) is 0 Å². The SMILES string of the molecule is Cc1nc(NCCOc2ccc3ccccc3c2)sc1C(=O)O. The van der Waals surface area contributed by atoms with Crippen LogP contribution in [0.25, 0.3) is 10.8 Å². The highest BCUT2D eigenvalue weighted by atomic mass is 32.1. The first kappa shape index (κ1) is 15.3. The molecular formula is C17H16N2O3S. The van der Waals surface area contributed by atoms with Gasteiger partial charge >= 0.3 is 5.97 Å². The second-order valence-corrected chi connectivity index (χ2v) is 6.02. The molecule has 3 aromatic rings. The molecule has 2 aromatic carbocycles. The highest BCUT2D eigenvalue weighted by Gasteiger charge is 2.13. The Labute approximate surface area is 137 Å². The van der Waals surface area contributed by atoms with Gasteiger partial charge in [-0.1, -0.05) is 41.7 Å². The number of nitrogens with zero attached hydrogens (tertiary/aromatic N) is 1. The number of hydrogen-bond acceptors (Lipinski definition) is 5. The van der Waals surface area contributed by atoms with Crippen LogP contribution in [0.1, 0.15) is 15.4 Å². The number of carboxylic acids is 1. The Kier molecular flexibility index (Phi) is 4.43. The van der Waals surface area contributed by atoms with Gasteiger partial charge in [0.25, 0.3) is 0 Å². The third-order valence-electron chi connectivity index (χ3n) is 3.36. The Hall–Kier alpha value is -2.60. The molecule has 1 aromatic heterocycles. The maximum atomic E-state index is 11.0. The molecule has 0 fully saturated rings. The number of anilines is 1. The molecular weight excluding hydrogens is 312 g/mol. The van der Waals surface area contributed by atoms with Gasteiger partial charge in [-0.2, -0.15) is 0 Å². The Balaban J connectivity index is 1.54. The molecule has 0 amide bonds. The van der Waals surface area contributed by atoms with Crippen molar-refractivity contribution in [3.05, 3.63) is 53.0 Å². The topological polar surface area (TPSA) is 71.5 Å². The van der Waals surface area contributed by atoms with Gasteiger partial charge in [0, 0.05) is 0 Å². The van der Waals surface area contributed by atoms with E-state index in [9.17, 15) is 4.79 Å². The van der Waals surface area contributed by atoms with E-state index in [0.717, 1.165) is 22.5 Å². The fourth-order valence-electron chi connectivity index (χ4n) is 2.25. The minimum absolute atomic E-state index is 0.267. The summed E-state index contributed by atoms with van der Waals surface area (Å²) in [6, 6.07) is 14.1. The summed E-state index contributed by atoms with van der Waals surface area (Å²) in [7, 11) is 0. The molecule has 0 bridgehead atoms. The van der Waals surface area contributed by atoms with E-state index in [1.54, 1.807) is 6.92 Å². The van der Waals surface area contributed by atoms with Gasteiger partial charge < -0.3 is 15.2 Å². The van der Waals surface area contributed by atoms with E-state index in [1.165, 1.54) is 5.39 Å². The predicted octanol–water partition coefficient (Wildman–Crippen LogP) is 3.79. The van der Waals surface area contributed by atoms with Gasteiger partial charge in [0.05, 0.1) is 12.2 Å². The van der Waals surface area contributed by atoms with Crippen molar-refractivity contribution in [2.75, 3.05) is 18.5 Å². The first-order chi connectivity index (χ1) is 11.1. The number of aryl methyl sites for hydroxylation is 1. The van der Waals surface area contributed by atoms with Crippen molar-refractivity contribution in [1.82, 2.24) is 4.98 Å². The molecule has 2 N–H and O–H groups in total. The highest BCUT2D eigenvalue weighted by molar-refractivity contribution is 7.17. The summed E-state index contributed by atoms with van der Waals surface area (Å²) < 4.78 is 5.72. The van der Waals surface area contributed by atoms with Gasteiger partial charge in [-0.15, -0.1) is 0 Å². The molecule has 6 heteroatoms. The molecule has 0 aliphatic carbocycles. The second-order valence-electron chi connectivity index (χ2n) is 5.02. The quantitative estimate of drug-likeness (QED) is 0.674. The van der Waals surface area contributed by atoms with Gasteiger partial charge in [-0.25, -0.2) is 9.78 Å². The molecule has 0 atom stereocenters. The smallest absolute Gasteiger partial charge is 0.347 e. The standard InChI is InChI=1S/C17H16N2O3S/c1-11-15(16(20)21)23-17(19-11)18-8-9-22-14-7-6-12-4-2-3-5-13(12)10-14/h2-7,10H,8-9H2,1H3,(H,18,19)(H,20,21). The molecule has 0 unspecified atom stereocenters. The zero-order chi connectivity index (χ0) is 16.2. The fourth-order valence-corrected chi connectivity index (χ4v) is 3.09. The maximum absolute atomic E-state index is 11.0. The molecule has 118 valence electrons. The van der Waals surface area contributed by atoms with Crippen LogP contribution in [-0.4, -0.2) is 29.2 Å². The van der Waals surface area contributed by atoms with Crippen molar-refractivity contribution < 1.29 is 14.6 Å². The lowest BCUT2D eigenvalue weighted by molar-refractivity contribution is 0.0701. The lowest BCUT2D eigenvalue weighted by Gasteiger charge is -2.07. The van der Waals surface area contributed by atoms with Gasteiger partial charge in [0.1, 0.15) is 17.2 Å².